The number of hydrogen-bond donors (Lipinski definition) is 3. The predicted octanol–water partition coefficient (Wildman–Crippen LogP) is 0.344. The van der Waals surface area contributed by atoms with Crippen molar-refractivity contribution in [2.45, 2.75) is 19.2 Å². The molecule has 0 aliphatic rings. The van der Waals surface area contributed by atoms with Gasteiger partial charge in [0.05, 0.1) is 5.75 Å². The number of nitrogens with one attached hydrogen (secondary N) is 1. The Balaban J connectivity index is 2.50. The lowest BCUT2D eigenvalue weighted by Crippen LogP contribution is -2.23. The van der Waals surface area contributed by atoms with Crippen LogP contribution < -0.4 is 11.5 Å². The SMILES string of the molecule is CCn1ccnc1CSC(=N)N=C(N)N. The minimum Gasteiger partial charge on any atom is -0.370 e. The van der Waals surface area contributed by atoms with Gasteiger partial charge in [0.1, 0.15) is 5.82 Å². The fourth-order valence-electron chi connectivity index (χ4n) is 1.05. The number of hydrogen-bond acceptors (Lipinski definition) is 3. The number of aryl methyl sites for hydroxylation is 1. The average molecular weight is 226 g/mol. The number of aromatic nitrogens is 2. The third-order valence-corrected chi connectivity index (χ3v) is 2.48. The molecule has 1 aromatic rings. The summed E-state index contributed by atoms with van der Waals surface area (Å²) >= 11 is 1.24. The highest BCUT2D eigenvalue weighted by atomic mass is 32.2. The molecule has 0 fully saturated rings. The van der Waals surface area contributed by atoms with Crippen LogP contribution in [0.15, 0.2) is 17.4 Å². The minimum atomic E-state index is -0.0914. The Hall–Kier alpha value is -1.50. The molecule has 0 amide bonds. The van der Waals surface area contributed by atoms with E-state index in [1.165, 1.54) is 11.8 Å². The van der Waals surface area contributed by atoms with E-state index in [0.717, 1.165) is 12.4 Å². The normalized spacial score (nSPS) is 9.93. The zero-order valence-corrected chi connectivity index (χ0v) is 9.29. The third kappa shape index (κ3) is 3.62. The number of rotatable bonds is 3. The summed E-state index contributed by atoms with van der Waals surface area (Å²) in [7, 11) is 0. The van der Waals surface area contributed by atoms with Gasteiger partial charge in [0.25, 0.3) is 0 Å². The fraction of sp³-hybridized carbons (Fsp3) is 0.375. The van der Waals surface area contributed by atoms with E-state index in [9.17, 15) is 0 Å². The molecule has 82 valence electrons. The highest BCUT2D eigenvalue weighted by Gasteiger charge is 2.03. The maximum Gasteiger partial charge on any atom is 0.193 e. The van der Waals surface area contributed by atoms with E-state index < -0.39 is 0 Å². The van der Waals surface area contributed by atoms with Gasteiger partial charge >= 0.3 is 0 Å². The zero-order valence-electron chi connectivity index (χ0n) is 8.47. The number of nitrogens with two attached hydrogens (primary N) is 2. The van der Waals surface area contributed by atoms with Gasteiger partial charge in [-0.15, -0.1) is 0 Å². The maximum atomic E-state index is 7.43. The molecular formula is C8H14N6S. The van der Waals surface area contributed by atoms with Crippen LogP contribution in [0, 0.1) is 5.41 Å². The van der Waals surface area contributed by atoms with E-state index in [-0.39, 0.29) is 11.1 Å². The van der Waals surface area contributed by atoms with Crippen molar-refractivity contribution >= 4 is 22.9 Å². The van der Waals surface area contributed by atoms with E-state index in [2.05, 4.69) is 9.98 Å². The summed E-state index contributed by atoms with van der Waals surface area (Å²) in [5.41, 5.74) is 10.3. The van der Waals surface area contributed by atoms with Crippen LogP contribution in [-0.4, -0.2) is 20.7 Å². The van der Waals surface area contributed by atoms with Crippen LogP contribution in [0.4, 0.5) is 0 Å². The van der Waals surface area contributed by atoms with Crippen LogP contribution in [0.2, 0.25) is 0 Å². The van der Waals surface area contributed by atoms with Crippen LogP contribution >= 0.6 is 11.8 Å². The van der Waals surface area contributed by atoms with Gasteiger partial charge in [-0.1, -0.05) is 11.8 Å². The Labute approximate surface area is 92.3 Å². The topological polar surface area (TPSA) is 106 Å². The van der Waals surface area contributed by atoms with Gasteiger partial charge in [-0.05, 0) is 6.92 Å². The molecule has 0 radical (unpaired) electrons. The van der Waals surface area contributed by atoms with Crippen molar-refractivity contribution in [3.63, 3.8) is 0 Å². The van der Waals surface area contributed by atoms with Crippen molar-refractivity contribution in [3.8, 4) is 0 Å². The van der Waals surface area contributed by atoms with E-state index in [1.807, 2.05) is 17.7 Å². The molecule has 0 aliphatic heterocycles. The Bertz CT molecular complexity index is 365. The summed E-state index contributed by atoms with van der Waals surface area (Å²) in [5, 5.41) is 7.53. The average Bonchev–Trinajstić information content (AvgIpc) is 2.60. The molecule has 0 saturated carbocycles. The lowest BCUT2D eigenvalue weighted by atomic mass is 10.6. The largest absolute Gasteiger partial charge is 0.370 e. The second-order valence-corrected chi connectivity index (χ2v) is 3.72. The Kier molecular flexibility index (Phi) is 4.17. The van der Waals surface area contributed by atoms with Crippen molar-refractivity contribution in [2.75, 3.05) is 0 Å². The van der Waals surface area contributed by atoms with Gasteiger partial charge in [-0.2, -0.15) is 4.99 Å². The molecule has 1 rings (SSSR count). The molecule has 5 N–H and O–H groups in total. The number of guanidine groups is 1. The van der Waals surface area contributed by atoms with Gasteiger partial charge in [0.2, 0.25) is 0 Å². The second kappa shape index (κ2) is 5.40. The van der Waals surface area contributed by atoms with Gasteiger partial charge in [0, 0.05) is 18.9 Å². The highest BCUT2D eigenvalue weighted by Crippen LogP contribution is 2.12. The molecule has 0 saturated heterocycles. The molecule has 6 nitrogen and oxygen atoms in total. The molecule has 0 unspecified atom stereocenters. The molecule has 0 bridgehead atoms. The van der Waals surface area contributed by atoms with Crippen molar-refractivity contribution in [3.05, 3.63) is 18.2 Å². The summed E-state index contributed by atoms with van der Waals surface area (Å²) < 4.78 is 2.01. The first kappa shape index (κ1) is 11.6. The third-order valence-electron chi connectivity index (χ3n) is 1.71. The monoisotopic (exact) mass is 226 g/mol. The molecule has 0 spiro atoms. The summed E-state index contributed by atoms with van der Waals surface area (Å²) in [4.78, 5) is 7.79. The Morgan fingerprint density at radius 3 is 3.00 bits per heavy atom. The molecule has 1 aromatic heterocycles. The first-order chi connectivity index (χ1) is 7.13. The number of imidazole rings is 1. The molecule has 7 heteroatoms. The van der Waals surface area contributed by atoms with Gasteiger partial charge in [-0.3, -0.25) is 5.41 Å². The van der Waals surface area contributed by atoms with Crippen LogP contribution in [-0.2, 0) is 12.3 Å². The number of amidine groups is 1. The zero-order chi connectivity index (χ0) is 11.3. The quantitative estimate of drug-likeness (QED) is 0.510. The Morgan fingerprint density at radius 1 is 1.67 bits per heavy atom. The predicted molar refractivity (Wildman–Crippen MR) is 62.7 cm³/mol. The van der Waals surface area contributed by atoms with Crippen LogP contribution in [0.5, 0.6) is 0 Å². The van der Waals surface area contributed by atoms with Gasteiger partial charge in [0.15, 0.2) is 11.1 Å². The molecule has 0 aliphatic carbocycles. The standard InChI is InChI=1S/C8H14N6S/c1-2-14-4-3-12-6(14)5-15-8(11)13-7(9)10/h3-4H,2,5H2,1H3,(H5,9,10,11,13). The van der Waals surface area contributed by atoms with Crippen molar-refractivity contribution in [2.24, 2.45) is 16.5 Å². The fourth-order valence-corrected chi connectivity index (χ4v) is 1.73. The van der Waals surface area contributed by atoms with E-state index >= 15 is 0 Å². The van der Waals surface area contributed by atoms with E-state index in [1.54, 1.807) is 6.20 Å². The smallest absolute Gasteiger partial charge is 0.193 e. The molecule has 0 atom stereocenters. The lowest BCUT2D eigenvalue weighted by Gasteiger charge is -2.03. The lowest BCUT2D eigenvalue weighted by molar-refractivity contribution is 0.726. The summed E-state index contributed by atoms with van der Waals surface area (Å²) in [6.45, 7) is 2.91. The number of aliphatic imine (C=N–C) groups is 1. The minimum absolute atomic E-state index is 0.0914. The molecule has 0 aromatic carbocycles. The molecular weight excluding hydrogens is 212 g/mol. The van der Waals surface area contributed by atoms with Gasteiger partial charge in [-0.25, -0.2) is 4.98 Å². The summed E-state index contributed by atoms with van der Waals surface area (Å²) in [6, 6.07) is 0. The van der Waals surface area contributed by atoms with Crippen molar-refractivity contribution in [1.82, 2.24) is 9.55 Å². The molecule has 15 heavy (non-hydrogen) atoms. The Morgan fingerprint density at radius 2 is 2.40 bits per heavy atom. The first-order valence-electron chi connectivity index (χ1n) is 4.44. The van der Waals surface area contributed by atoms with Gasteiger partial charge < -0.3 is 16.0 Å². The first-order valence-corrected chi connectivity index (χ1v) is 5.43. The van der Waals surface area contributed by atoms with Crippen LogP contribution in [0.25, 0.3) is 0 Å². The summed E-state index contributed by atoms with van der Waals surface area (Å²) in [5.74, 6) is 1.42. The molecule has 1 heterocycles. The number of thioether (sulfide) groups is 1. The van der Waals surface area contributed by atoms with Crippen LogP contribution in [0.1, 0.15) is 12.7 Å². The second-order valence-electron chi connectivity index (χ2n) is 2.76. The summed E-state index contributed by atoms with van der Waals surface area (Å²) in [6.07, 6.45) is 3.64. The van der Waals surface area contributed by atoms with Crippen molar-refractivity contribution < 1.29 is 0 Å². The van der Waals surface area contributed by atoms with Crippen LogP contribution in [0.3, 0.4) is 0 Å². The maximum absolute atomic E-state index is 7.43. The van der Waals surface area contributed by atoms with Crippen molar-refractivity contribution in [1.29, 1.82) is 5.41 Å². The number of nitrogens with zero attached hydrogens (tertiary/aromatic N) is 3. The van der Waals surface area contributed by atoms with E-state index in [0.29, 0.717) is 5.75 Å². The highest BCUT2D eigenvalue weighted by molar-refractivity contribution is 8.13. The van der Waals surface area contributed by atoms with E-state index in [4.69, 9.17) is 16.9 Å².